The normalized spacial score (nSPS) is 12.0. The van der Waals surface area contributed by atoms with E-state index in [1.807, 2.05) is 27.0 Å². The minimum atomic E-state index is -0.119. The Hall–Kier alpha value is -0.830. The van der Waals surface area contributed by atoms with Gasteiger partial charge in [-0.3, -0.25) is 4.79 Å². The number of rotatable bonds is 3. The van der Waals surface area contributed by atoms with Crippen molar-refractivity contribution < 1.29 is 4.79 Å². The van der Waals surface area contributed by atoms with E-state index < -0.39 is 0 Å². The van der Waals surface area contributed by atoms with Crippen molar-refractivity contribution in [2.45, 2.75) is 19.4 Å². The van der Waals surface area contributed by atoms with Crippen LogP contribution in [-0.2, 0) is 4.79 Å². The van der Waals surface area contributed by atoms with Gasteiger partial charge in [0.05, 0.1) is 0 Å². The van der Waals surface area contributed by atoms with Crippen molar-refractivity contribution in [3.8, 4) is 0 Å². The molecule has 0 heterocycles. The summed E-state index contributed by atoms with van der Waals surface area (Å²) in [5.41, 5.74) is -0.119. The summed E-state index contributed by atoms with van der Waals surface area (Å²) < 4.78 is 0. The molecule has 64 valence electrons. The maximum Gasteiger partial charge on any atom is 0.243 e. The van der Waals surface area contributed by atoms with Crippen LogP contribution in [0.15, 0.2) is 12.2 Å². The zero-order valence-electron chi connectivity index (χ0n) is 7.56. The summed E-state index contributed by atoms with van der Waals surface area (Å²) in [4.78, 5) is 10.7. The molecule has 0 spiro atoms. The number of nitrogens with one attached hydrogen (secondary N) is 2. The van der Waals surface area contributed by atoms with Crippen LogP contribution < -0.4 is 10.6 Å². The van der Waals surface area contributed by atoms with Gasteiger partial charge in [-0.1, -0.05) is 6.08 Å². The smallest absolute Gasteiger partial charge is 0.243 e. The summed E-state index contributed by atoms with van der Waals surface area (Å²) in [5.74, 6) is -0.0756. The van der Waals surface area contributed by atoms with Crippen molar-refractivity contribution in [2.75, 3.05) is 14.1 Å². The molecule has 0 aromatic heterocycles. The number of carbonyl (C=O) groups is 1. The minimum Gasteiger partial charge on any atom is -0.356 e. The molecule has 11 heavy (non-hydrogen) atoms. The van der Waals surface area contributed by atoms with Crippen LogP contribution in [0.3, 0.4) is 0 Å². The highest BCUT2D eigenvalue weighted by Gasteiger charge is 2.08. The molecular formula is C8H16N2O. The quantitative estimate of drug-likeness (QED) is 0.576. The Balaban J connectivity index is 4.01. The maximum absolute atomic E-state index is 10.7. The van der Waals surface area contributed by atoms with Gasteiger partial charge in [-0.25, -0.2) is 0 Å². The zero-order chi connectivity index (χ0) is 8.91. The van der Waals surface area contributed by atoms with Crippen molar-refractivity contribution in [3.63, 3.8) is 0 Å². The predicted octanol–water partition coefficient (Wildman–Crippen LogP) is 0.287. The highest BCUT2D eigenvalue weighted by molar-refractivity contribution is 5.87. The van der Waals surface area contributed by atoms with E-state index in [0.29, 0.717) is 0 Å². The predicted molar refractivity (Wildman–Crippen MR) is 46.3 cm³/mol. The summed E-state index contributed by atoms with van der Waals surface area (Å²) in [5, 5.41) is 5.56. The van der Waals surface area contributed by atoms with E-state index in [0.717, 1.165) is 0 Å². The lowest BCUT2D eigenvalue weighted by Gasteiger charge is -2.18. The van der Waals surface area contributed by atoms with Crippen LogP contribution in [0.4, 0.5) is 0 Å². The summed E-state index contributed by atoms with van der Waals surface area (Å²) in [6.45, 7) is 3.98. The SMILES string of the molecule is CNC(=O)/C=C/C(C)(C)NC. The summed E-state index contributed by atoms with van der Waals surface area (Å²) >= 11 is 0. The molecule has 0 fully saturated rings. The van der Waals surface area contributed by atoms with Gasteiger partial charge in [0.25, 0.3) is 0 Å². The van der Waals surface area contributed by atoms with E-state index >= 15 is 0 Å². The molecule has 2 N–H and O–H groups in total. The first-order chi connectivity index (χ1) is 5.02. The Kier molecular flexibility index (Phi) is 3.82. The molecule has 0 aromatic rings. The maximum atomic E-state index is 10.7. The molecule has 3 nitrogen and oxygen atoms in total. The van der Waals surface area contributed by atoms with Crippen LogP contribution >= 0.6 is 0 Å². The van der Waals surface area contributed by atoms with Gasteiger partial charge in [0.2, 0.25) is 5.91 Å². The largest absolute Gasteiger partial charge is 0.356 e. The van der Waals surface area contributed by atoms with Gasteiger partial charge in [0, 0.05) is 18.7 Å². The Morgan fingerprint density at radius 1 is 1.36 bits per heavy atom. The highest BCUT2D eigenvalue weighted by atomic mass is 16.1. The first-order valence-corrected chi connectivity index (χ1v) is 3.61. The molecule has 0 atom stereocenters. The molecular weight excluding hydrogens is 140 g/mol. The van der Waals surface area contributed by atoms with Gasteiger partial charge in [-0.05, 0) is 20.9 Å². The summed E-state index contributed by atoms with van der Waals surface area (Å²) in [6, 6.07) is 0. The lowest BCUT2D eigenvalue weighted by atomic mass is 10.1. The summed E-state index contributed by atoms with van der Waals surface area (Å²) in [7, 11) is 3.47. The van der Waals surface area contributed by atoms with E-state index in [9.17, 15) is 4.79 Å². The van der Waals surface area contributed by atoms with Gasteiger partial charge in [0.1, 0.15) is 0 Å². The van der Waals surface area contributed by atoms with Crippen LogP contribution in [-0.4, -0.2) is 25.5 Å². The number of carbonyl (C=O) groups excluding carboxylic acids is 1. The van der Waals surface area contributed by atoms with Crippen LogP contribution in [0.25, 0.3) is 0 Å². The molecule has 0 saturated heterocycles. The van der Waals surface area contributed by atoms with Gasteiger partial charge in [-0.2, -0.15) is 0 Å². The number of hydrogen-bond donors (Lipinski definition) is 2. The van der Waals surface area contributed by atoms with Crippen LogP contribution in [0.1, 0.15) is 13.8 Å². The molecule has 0 saturated carbocycles. The molecule has 0 aromatic carbocycles. The molecule has 0 unspecified atom stereocenters. The Morgan fingerprint density at radius 3 is 2.27 bits per heavy atom. The number of amides is 1. The molecule has 0 radical (unpaired) electrons. The second-order valence-electron chi connectivity index (χ2n) is 2.92. The fourth-order valence-corrected chi connectivity index (χ4v) is 0.451. The van der Waals surface area contributed by atoms with E-state index in [1.165, 1.54) is 6.08 Å². The fraction of sp³-hybridized carbons (Fsp3) is 0.625. The van der Waals surface area contributed by atoms with Crippen molar-refractivity contribution in [2.24, 2.45) is 0 Å². The number of hydrogen-bond acceptors (Lipinski definition) is 2. The second kappa shape index (κ2) is 4.13. The Labute approximate surface area is 67.9 Å². The van der Waals surface area contributed by atoms with Crippen LogP contribution in [0.2, 0.25) is 0 Å². The standard InChI is InChI=1S/C8H16N2O/c1-8(2,10-4)6-5-7(11)9-3/h5-6,10H,1-4H3,(H,9,11)/b6-5+. The third-order valence-corrected chi connectivity index (χ3v) is 1.54. The average molecular weight is 156 g/mol. The zero-order valence-corrected chi connectivity index (χ0v) is 7.56. The molecule has 3 heteroatoms. The van der Waals surface area contributed by atoms with Crippen molar-refractivity contribution in [1.82, 2.24) is 10.6 Å². The van der Waals surface area contributed by atoms with Crippen LogP contribution in [0.5, 0.6) is 0 Å². The minimum absolute atomic E-state index is 0.0756. The second-order valence-corrected chi connectivity index (χ2v) is 2.92. The first-order valence-electron chi connectivity index (χ1n) is 3.61. The fourth-order valence-electron chi connectivity index (χ4n) is 0.451. The van der Waals surface area contributed by atoms with Crippen LogP contribution in [0, 0.1) is 0 Å². The lowest BCUT2D eigenvalue weighted by Crippen LogP contribution is -2.34. The van der Waals surface area contributed by atoms with Gasteiger partial charge < -0.3 is 10.6 Å². The first kappa shape index (κ1) is 10.2. The van der Waals surface area contributed by atoms with Gasteiger partial charge >= 0.3 is 0 Å². The van der Waals surface area contributed by atoms with Crippen molar-refractivity contribution >= 4 is 5.91 Å². The summed E-state index contributed by atoms with van der Waals surface area (Å²) in [6.07, 6.45) is 3.35. The van der Waals surface area contributed by atoms with E-state index in [1.54, 1.807) is 7.05 Å². The molecule has 0 aliphatic carbocycles. The Bertz CT molecular complexity index is 161. The topological polar surface area (TPSA) is 41.1 Å². The molecule has 0 aliphatic rings. The molecule has 0 rings (SSSR count). The molecule has 0 bridgehead atoms. The van der Waals surface area contributed by atoms with Crippen molar-refractivity contribution in [3.05, 3.63) is 12.2 Å². The van der Waals surface area contributed by atoms with E-state index in [-0.39, 0.29) is 11.4 Å². The molecule has 0 aliphatic heterocycles. The van der Waals surface area contributed by atoms with Crippen molar-refractivity contribution in [1.29, 1.82) is 0 Å². The number of likely N-dealkylation sites (N-methyl/N-ethyl adjacent to an activating group) is 2. The van der Waals surface area contributed by atoms with Gasteiger partial charge in [0.15, 0.2) is 0 Å². The highest BCUT2D eigenvalue weighted by Crippen LogP contribution is 2.01. The molecule has 1 amide bonds. The van der Waals surface area contributed by atoms with Gasteiger partial charge in [-0.15, -0.1) is 0 Å². The van der Waals surface area contributed by atoms with E-state index in [2.05, 4.69) is 10.6 Å². The Morgan fingerprint density at radius 2 is 1.91 bits per heavy atom. The third kappa shape index (κ3) is 4.56. The third-order valence-electron chi connectivity index (χ3n) is 1.54. The average Bonchev–Trinajstić information content (AvgIpc) is 2.00. The monoisotopic (exact) mass is 156 g/mol. The van der Waals surface area contributed by atoms with E-state index in [4.69, 9.17) is 0 Å². The lowest BCUT2D eigenvalue weighted by molar-refractivity contribution is -0.116.